The first-order chi connectivity index (χ1) is 11.0. The highest BCUT2D eigenvalue weighted by Crippen LogP contribution is 2.42. The number of amides is 2. The van der Waals surface area contributed by atoms with Crippen LogP contribution in [0.2, 0.25) is 0 Å². The van der Waals surface area contributed by atoms with Crippen LogP contribution in [0.25, 0.3) is 0 Å². The van der Waals surface area contributed by atoms with Crippen LogP contribution < -0.4 is 10.6 Å². The number of carbonyl (C=O) groups is 1. The van der Waals surface area contributed by atoms with E-state index in [1.165, 1.54) is 19.3 Å². The van der Waals surface area contributed by atoms with Crippen LogP contribution in [-0.2, 0) is 0 Å². The Morgan fingerprint density at radius 1 is 1.26 bits per heavy atom. The molecule has 1 aliphatic rings. The highest BCUT2D eigenvalue weighted by atomic mass is 16.3. The molecule has 0 heterocycles. The molecule has 23 heavy (non-hydrogen) atoms. The molecule has 2 atom stereocenters. The quantitative estimate of drug-likeness (QED) is 0.688. The van der Waals surface area contributed by atoms with Gasteiger partial charge in [-0.2, -0.15) is 0 Å². The Bertz CT molecular complexity index is 478. The lowest BCUT2D eigenvalue weighted by atomic mass is 9.67. The third-order valence-electron chi connectivity index (χ3n) is 5.19. The molecule has 1 fully saturated rings. The van der Waals surface area contributed by atoms with Gasteiger partial charge in [0.05, 0.1) is 6.10 Å². The van der Waals surface area contributed by atoms with Gasteiger partial charge in [-0.15, -0.1) is 0 Å². The van der Waals surface area contributed by atoms with Crippen molar-refractivity contribution in [1.82, 2.24) is 10.6 Å². The van der Waals surface area contributed by atoms with Crippen molar-refractivity contribution in [2.75, 3.05) is 13.1 Å². The number of aliphatic hydroxyl groups is 1. The van der Waals surface area contributed by atoms with E-state index >= 15 is 0 Å². The van der Waals surface area contributed by atoms with Crippen LogP contribution in [0.5, 0.6) is 0 Å². The van der Waals surface area contributed by atoms with Gasteiger partial charge in [0.1, 0.15) is 0 Å². The number of aliphatic hydroxyl groups excluding tert-OH is 1. The monoisotopic (exact) mass is 318 g/mol. The summed E-state index contributed by atoms with van der Waals surface area (Å²) in [5.74, 6) is 0.130. The average Bonchev–Trinajstić information content (AvgIpc) is 2.51. The number of urea groups is 1. The van der Waals surface area contributed by atoms with Gasteiger partial charge in [-0.05, 0) is 43.6 Å². The van der Waals surface area contributed by atoms with Gasteiger partial charge in [0.25, 0.3) is 0 Å². The predicted octanol–water partition coefficient (Wildman–Crippen LogP) is 3.42. The van der Waals surface area contributed by atoms with E-state index in [-0.39, 0.29) is 18.1 Å². The highest BCUT2D eigenvalue weighted by molar-refractivity contribution is 5.73. The topological polar surface area (TPSA) is 61.4 Å². The largest absolute Gasteiger partial charge is 0.393 e. The van der Waals surface area contributed by atoms with Gasteiger partial charge in [0, 0.05) is 19.0 Å². The number of hydrogen-bond acceptors (Lipinski definition) is 2. The van der Waals surface area contributed by atoms with Gasteiger partial charge in [-0.25, -0.2) is 4.79 Å². The van der Waals surface area contributed by atoms with Crippen LogP contribution in [-0.4, -0.2) is 30.3 Å². The molecule has 2 amide bonds. The second-order valence-corrected chi connectivity index (χ2v) is 6.96. The maximum atomic E-state index is 12.1. The van der Waals surface area contributed by atoms with Crippen molar-refractivity contribution in [3.63, 3.8) is 0 Å². The van der Waals surface area contributed by atoms with Crippen LogP contribution in [0, 0.1) is 5.41 Å². The molecular formula is C19H30N2O2. The maximum Gasteiger partial charge on any atom is 0.314 e. The first-order valence-corrected chi connectivity index (χ1v) is 8.79. The van der Waals surface area contributed by atoms with Gasteiger partial charge < -0.3 is 15.7 Å². The number of rotatable bonds is 8. The van der Waals surface area contributed by atoms with Crippen molar-refractivity contribution in [3.05, 3.63) is 35.9 Å². The fraction of sp³-hybridized carbons (Fsp3) is 0.632. The Morgan fingerprint density at radius 3 is 2.48 bits per heavy atom. The molecule has 0 saturated heterocycles. The van der Waals surface area contributed by atoms with Gasteiger partial charge in [0.15, 0.2) is 0 Å². The average molecular weight is 318 g/mol. The minimum absolute atomic E-state index is 0.101. The van der Waals surface area contributed by atoms with E-state index in [0.717, 1.165) is 18.5 Å². The predicted molar refractivity (Wildman–Crippen MR) is 93.5 cm³/mol. The molecule has 4 heteroatoms. The summed E-state index contributed by atoms with van der Waals surface area (Å²) in [7, 11) is 0. The molecular weight excluding hydrogens is 288 g/mol. The molecule has 128 valence electrons. The molecule has 2 rings (SSSR count). The Balaban J connectivity index is 1.82. The van der Waals surface area contributed by atoms with Gasteiger partial charge in [0.2, 0.25) is 0 Å². The fourth-order valence-corrected chi connectivity index (χ4v) is 3.35. The third-order valence-corrected chi connectivity index (χ3v) is 5.19. The molecule has 1 saturated carbocycles. The molecule has 0 radical (unpaired) electrons. The van der Waals surface area contributed by atoms with E-state index in [9.17, 15) is 9.90 Å². The van der Waals surface area contributed by atoms with E-state index in [2.05, 4.69) is 17.6 Å². The third kappa shape index (κ3) is 5.24. The van der Waals surface area contributed by atoms with Gasteiger partial charge in [-0.3, -0.25) is 0 Å². The lowest BCUT2D eigenvalue weighted by Crippen LogP contribution is -2.46. The lowest BCUT2D eigenvalue weighted by molar-refractivity contribution is 0.126. The zero-order valence-corrected chi connectivity index (χ0v) is 14.3. The standard InChI is InChI=1S/C19H30N2O2/c1-3-19(10-7-11-19)14-21-18(23)20-13-17(12-15(2)22)16-8-5-4-6-9-16/h4-6,8-9,15,17,22H,3,7,10-14H2,1-2H3,(H2,20,21,23). The zero-order chi connectivity index (χ0) is 16.7. The number of hydrogen-bond donors (Lipinski definition) is 3. The molecule has 0 bridgehead atoms. The molecule has 0 aliphatic heterocycles. The fourth-order valence-electron chi connectivity index (χ4n) is 3.35. The summed E-state index contributed by atoms with van der Waals surface area (Å²) in [6.45, 7) is 5.30. The summed E-state index contributed by atoms with van der Waals surface area (Å²) in [6, 6.07) is 9.96. The smallest absolute Gasteiger partial charge is 0.314 e. The minimum Gasteiger partial charge on any atom is -0.393 e. The molecule has 0 spiro atoms. The highest BCUT2D eigenvalue weighted by Gasteiger charge is 2.35. The summed E-state index contributed by atoms with van der Waals surface area (Å²) in [5.41, 5.74) is 1.48. The van der Waals surface area contributed by atoms with Crippen LogP contribution in [0.15, 0.2) is 30.3 Å². The molecule has 0 aromatic heterocycles. The first kappa shape index (κ1) is 17.8. The van der Waals surface area contributed by atoms with E-state index in [0.29, 0.717) is 18.4 Å². The molecule has 3 N–H and O–H groups in total. The van der Waals surface area contributed by atoms with Crippen molar-refractivity contribution >= 4 is 6.03 Å². The Kier molecular flexibility index (Phi) is 6.46. The van der Waals surface area contributed by atoms with E-state index in [1.807, 2.05) is 30.3 Å². The van der Waals surface area contributed by atoms with E-state index in [1.54, 1.807) is 6.92 Å². The molecule has 4 nitrogen and oxygen atoms in total. The number of carbonyl (C=O) groups excluding carboxylic acids is 1. The SMILES string of the molecule is CCC1(CNC(=O)NCC(CC(C)O)c2ccccc2)CCC1. The summed E-state index contributed by atoms with van der Waals surface area (Å²) >= 11 is 0. The van der Waals surface area contributed by atoms with Gasteiger partial charge in [-0.1, -0.05) is 43.7 Å². The Hall–Kier alpha value is -1.55. The summed E-state index contributed by atoms with van der Waals surface area (Å²) < 4.78 is 0. The van der Waals surface area contributed by atoms with Crippen molar-refractivity contribution in [2.24, 2.45) is 5.41 Å². The molecule has 2 unspecified atom stereocenters. The van der Waals surface area contributed by atoms with E-state index in [4.69, 9.17) is 0 Å². The Morgan fingerprint density at radius 2 is 1.96 bits per heavy atom. The molecule has 1 aromatic rings. The van der Waals surface area contributed by atoms with Crippen molar-refractivity contribution < 1.29 is 9.90 Å². The summed E-state index contributed by atoms with van der Waals surface area (Å²) in [4.78, 5) is 12.1. The summed E-state index contributed by atoms with van der Waals surface area (Å²) in [6.07, 6.45) is 5.10. The second-order valence-electron chi connectivity index (χ2n) is 6.96. The van der Waals surface area contributed by atoms with Crippen molar-refractivity contribution in [3.8, 4) is 0 Å². The van der Waals surface area contributed by atoms with Crippen molar-refractivity contribution in [1.29, 1.82) is 0 Å². The number of benzene rings is 1. The van der Waals surface area contributed by atoms with Crippen LogP contribution in [0.3, 0.4) is 0 Å². The minimum atomic E-state index is -0.386. The van der Waals surface area contributed by atoms with E-state index < -0.39 is 0 Å². The maximum absolute atomic E-state index is 12.1. The Labute approximate surface area is 139 Å². The normalized spacial score (nSPS) is 18.6. The van der Waals surface area contributed by atoms with Crippen LogP contribution in [0.1, 0.15) is 57.4 Å². The van der Waals surface area contributed by atoms with Crippen molar-refractivity contribution in [2.45, 2.75) is 58.0 Å². The molecule has 1 aliphatic carbocycles. The number of nitrogens with one attached hydrogen (secondary N) is 2. The summed E-state index contributed by atoms with van der Waals surface area (Å²) in [5, 5.41) is 15.7. The first-order valence-electron chi connectivity index (χ1n) is 8.79. The van der Waals surface area contributed by atoms with Crippen LogP contribution in [0.4, 0.5) is 4.79 Å². The molecule has 1 aromatic carbocycles. The van der Waals surface area contributed by atoms with Gasteiger partial charge >= 0.3 is 6.03 Å². The second kappa shape index (κ2) is 8.34. The lowest BCUT2D eigenvalue weighted by Gasteiger charge is -2.41. The zero-order valence-electron chi connectivity index (χ0n) is 14.3. The van der Waals surface area contributed by atoms with Crippen LogP contribution >= 0.6 is 0 Å².